The van der Waals surface area contributed by atoms with Crippen molar-refractivity contribution in [3.05, 3.63) is 30.1 Å². The van der Waals surface area contributed by atoms with Gasteiger partial charge in [-0.1, -0.05) is 12.1 Å². The third kappa shape index (κ3) is 4.95. The Bertz CT molecular complexity index is 515. The molecule has 20 heavy (non-hydrogen) atoms. The normalized spacial score (nSPS) is 9.35. The maximum absolute atomic E-state index is 13.4. The molecule has 0 saturated carbocycles. The third-order valence-electron chi connectivity index (χ3n) is 2.64. The van der Waals surface area contributed by atoms with E-state index in [1.54, 1.807) is 12.1 Å². The molecule has 0 bridgehead atoms. The summed E-state index contributed by atoms with van der Waals surface area (Å²) in [4.78, 5) is 13.4. The van der Waals surface area contributed by atoms with Crippen LogP contribution in [-0.2, 0) is 4.79 Å². The number of benzene rings is 1. The monoisotopic (exact) mass is 274 g/mol. The molecule has 0 spiro atoms. The minimum absolute atomic E-state index is 0.0716. The third-order valence-corrected chi connectivity index (χ3v) is 2.64. The number of hydrogen-bond donors (Lipinski definition) is 1. The smallest absolute Gasteiger partial charge is 0.241 e. The van der Waals surface area contributed by atoms with Crippen LogP contribution in [0.2, 0.25) is 0 Å². The number of hydrogen-bond acceptors (Lipinski definition) is 4. The van der Waals surface area contributed by atoms with Gasteiger partial charge in [0, 0.05) is 13.1 Å². The summed E-state index contributed by atoms with van der Waals surface area (Å²) in [6, 6.07) is 9.98. The van der Waals surface area contributed by atoms with Crippen molar-refractivity contribution in [2.24, 2.45) is 0 Å². The molecule has 1 N–H and O–H groups in total. The molecule has 1 amide bonds. The first kappa shape index (κ1) is 15.5. The Hall–Kier alpha value is -2.60. The van der Waals surface area contributed by atoms with Crippen molar-refractivity contribution in [2.75, 3.05) is 25.0 Å². The van der Waals surface area contributed by atoms with Gasteiger partial charge in [-0.25, -0.2) is 4.39 Å². The molecule has 0 aromatic heterocycles. The lowest BCUT2D eigenvalue weighted by Crippen LogP contribution is -2.37. The SMILES string of the molecule is N#CCCN(CCC#N)C(=O)CNc1ccccc1F. The maximum atomic E-state index is 13.4. The summed E-state index contributed by atoms with van der Waals surface area (Å²) in [6.45, 7) is 0.476. The van der Waals surface area contributed by atoms with Crippen LogP contribution in [-0.4, -0.2) is 30.4 Å². The zero-order valence-corrected chi connectivity index (χ0v) is 11.0. The zero-order valence-electron chi connectivity index (χ0n) is 11.0. The molecule has 0 heterocycles. The Morgan fingerprint density at radius 2 is 1.80 bits per heavy atom. The molecular formula is C14H15FN4O. The lowest BCUT2D eigenvalue weighted by molar-refractivity contribution is -0.129. The average molecular weight is 274 g/mol. The van der Waals surface area contributed by atoms with E-state index >= 15 is 0 Å². The van der Waals surface area contributed by atoms with Crippen LogP contribution in [0.1, 0.15) is 12.8 Å². The Labute approximate surface area is 117 Å². The molecule has 104 valence electrons. The molecule has 6 heteroatoms. The van der Waals surface area contributed by atoms with Crippen molar-refractivity contribution < 1.29 is 9.18 Å². The highest BCUT2D eigenvalue weighted by molar-refractivity contribution is 5.80. The van der Waals surface area contributed by atoms with Gasteiger partial charge in [0.2, 0.25) is 5.91 Å². The number of nitriles is 2. The second kappa shape index (κ2) is 8.49. The fourth-order valence-corrected chi connectivity index (χ4v) is 1.62. The largest absolute Gasteiger partial charge is 0.374 e. The van der Waals surface area contributed by atoms with Crippen LogP contribution >= 0.6 is 0 Å². The van der Waals surface area contributed by atoms with Gasteiger partial charge in [0.05, 0.1) is 37.2 Å². The molecule has 1 aromatic rings. The quantitative estimate of drug-likeness (QED) is 0.823. The van der Waals surface area contributed by atoms with Crippen molar-refractivity contribution in [2.45, 2.75) is 12.8 Å². The average Bonchev–Trinajstić information content (AvgIpc) is 2.46. The van der Waals surface area contributed by atoms with Gasteiger partial charge >= 0.3 is 0 Å². The summed E-state index contributed by atoms with van der Waals surface area (Å²) in [6.07, 6.45) is 0.410. The topological polar surface area (TPSA) is 79.9 Å². The van der Waals surface area contributed by atoms with E-state index in [9.17, 15) is 9.18 Å². The van der Waals surface area contributed by atoms with Crippen molar-refractivity contribution in [1.82, 2.24) is 4.90 Å². The number of halogens is 1. The van der Waals surface area contributed by atoms with Crippen LogP contribution in [0.3, 0.4) is 0 Å². The van der Waals surface area contributed by atoms with E-state index in [1.165, 1.54) is 17.0 Å². The molecule has 0 atom stereocenters. The molecule has 5 nitrogen and oxygen atoms in total. The van der Waals surface area contributed by atoms with Gasteiger partial charge in [0.15, 0.2) is 0 Å². The number of nitrogens with zero attached hydrogens (tertiary/aromatic N) is 3. The standard InChI is InChI=1S/C14H15FN4O/c15-12-5-1-2-6-13(12)18-11-14(20)19(9-3-7-16)10-4-8-17/h1-2,5-6,18H,3-4,9-11H2. The second-order valence-corrected chi connectivity index (χ2v) is 4.03. The van der Waals surface area contributed by atoms with Crippen LogP contribution in [0.15, 0.2) is 24.3 Å². The van der Waals surface area contributed by atoms with Crippen molar-refractivity contribution >= 4 is 11.6 Å². The number of carbonyl (C=O) groups is 1. The Balaban J connectivity index is 2.55. The Morgan fingerprint density at radius 3 is 2.35 bits per heavy atom. The molecule has 0 saturated heterocycles. The molecule has 0 aliphatic rings. The molecule has 0 radical (unpaired) electrons. The number of anilines is 1. The van der Waals surface area contributed by atoms with Crippen molar-refractivity contribution in [1.29, 1.82) is 10.5 Å². The minimum atomic E-state index is -0.430. The van der Waals surface area contributed by atoms with Gasteiger partial charge in [0.25, 0.3) is 0 Å². The Kier molecular flexibility index (Phi) is 6.56. The summed E-state index contributed by atoms with van der Waals surface area (Å²) in [5.74, 6) is -0.695. The van der Waals surface area contributed by atoms with Crippen molar-refractivity contribution in [3.63, 3.8) is 0 Å². The molecule has 0 unspecified atom stereocenters. The van der Waals surface area contributed by atoms with Crippen molar-refractivity contribution in [3.8, 4) is 12.1 Å². The van der Waals surface area contributed by atoms with Crippen LogP contribution in [0.25, 0.3) is 0 Å². The molecule has 1 rings (SSSR count). The fourth-order valence-electron chi connectivity index (χ4n) is 1.62. The maximum Gasteiger partial charge on any atom is 0.241 e. The van der Waals surface area contributed by atoms with Crippen LogP contribution in [0.5, 0.6) is 0 Å². The highest BCUT2D eigenvalue weighted by Crippen LogP contribution is 2.11. The number of carbonyl (C=O) groups excluding carboxylic acids is 1. The number of nitrogens with one attached hydrogen (secondary N) is 1. The van der Waals surface area contributed by atoms with Gasteiger partial charge in [-0.05, 0) is 12.1 Å². The first-order valence-electron chi connectivity index (χ1n) is 6.19. The summed E-state index contributed by atoms with van der Waals surface area (Å²) in [5, 5.41) is 19.8. The van der Waals surface area contributed by atoms with Gasteiger partial charge < -0.3 is 10.2 Å². The summed E-state index contributed by atoms with van der Waals surface area (Å²) >= 11 is 0. The first-order valence-corrected chi connectivity index (χ1v) is 6.19. The second-order valence-electron chi connectivity index (χ2n) is 4.03. The Morgan fingerprint density at radius 1 is 1.20 bits per heavy atom. The van der Waals surface area contributed by atoms with Gasteiger partial charge in [-0.2, -0.15) is 10.5 Å². The lowest BCUT2D eigenvalue weighted by atomic mass is 10.3. The van der Waals surface area contributed by atoms with Crippen LogP contribution in [0.4, 0.5) is 10.1 Å². The number of amides is 1. The van der Waals surface area contributed by atoms with E-state index in [4.69, 9.17) is 10.5 Å². The highest BCUT2D eigenvalue weighted by atomic mass is 19.1. The lowest BCUT2D eigenvalue weighted by Gasteiger charge is -2.20. The zero-order chi connectivity index (χ0) is 14.8. The molecule has 0 aliphatic heterocycles. The first-order chi connectivity index (χ1) is 9.69. The predicted octanol–water partition coefficient (Wildman–Crippen LogP) is 1.89. The van der Waals surface area contributed by atoms with E-state index < -0.39 is 5.82 Å². The van der Waals surface area contributed by atoms with Gasteiger partial charge in [-0.15, -0.1) is 0 Å². The van der Waals surface area contributed by atoms with E-state index in [2.05, 4.69) is 5.32 Å². The summed E-state index contributed by atoms with van der Waals surface area (Å²) in [5.41, 5.74) is 0.251. The van der Waals surface area contributed by atoms with E-state index in [0.29, 0.717) is 0 Å². The minimum Gasteiger partial charge on any atom is -0.374 e. The molecular weight excluding hydrogens is 259 g/mol. The highest BCUT2D eigenvalue weighted by Gasteiger charge is 2.13. The summed E-state index contributed by atoms with van der Waals surface area (Å²) < 4.78 is 13.4. The molecule has 0 fully saturated rings. The molecule has 0 aliphatic carbocycles. The van der Waals surface area contributed by atoms with E-state index in [-0.39, 0.29) is 44.1 Å². The number of para-hydroxylation sites is 1. The number of rotatable bonds is 7. The van der Waals surface area contributed by atoms with E-state index in [1.807, 2.05) is 12.1 Å². The van der Waals surface area contributed by atoms with Crippen LogP contribution < -0.4 is 5.32 Å². The van der Waals surface area contributed by atoms with Gasteiger partial charge in [0.1, 0.15) is 5.82 Å². The predicted molar refractivity (Wildman–Crippen MR) is 71.9 cm³/mol. The van der Waals surface area contributed by atoms with E-state index in [0.717, 1.165) is 0 Å². The fraction of sp³-hybridized carbons (Fsp3) is 0.357. The van der Waals surface area contributed by atoms with Gasteiger partial charge in [-0.3, -0.25) is 4.79 Å². The summed E-state index contributed by atoms with van der Waals surface area (Å²) in [7, 11) is 0. The molecule has 1 aromatic carbocycles. The van der Waals surface area contributed by atoms with Crippen LogP contribution in [0, 0.1) is 28.5 Å².